The predicted octanol–water partition coefficient (Wildman–Crippen LogP) is 2.99. The highest BCUT2D eigenvalue weighted by Gasteiger charge is 2.13. The number of carbonyl (C=O) groups is 2. The fourth-order valence-electron chi connectivity index (χ4n) is 2.42. The summed E-state index contributed by atoms with van der Waals surface area (Å²) in [4.78, 5) is 23.0. The highest BCUT2D eigenvalue weighted by molar-refractivity contribution is 6.09. The Morgan fingerprint density at radius 2 is 1.79 bits per heavy atom. The molecule has 6 nitrogen and oxygen atoms in total. The summed E-state index contributed by atoms with van der Waals surface area (Å²) in [5.74, 6) is -2.02. The molecule has 0 fully saturated rings. The van der Waals surface area contributed by atoms with Crippen molar-refractivity contribution in [2.24, 2.45) is 0 Å². The van der Waals surface area contributed by atoms with Gasteiger partial charge in [-0.25, -0.2) is 4.39 Å². The Morgan fingerprint density at radius 1 is 1.07 bits per heavy atom. The van der Waals surface area contributed by atoms with Gasteiger partial charge in [0.25, 0.3) is 5.91 Å². The van der Waals surface area contributed by atoms with Crippen molar-refractivity contribution in [3.8, 4) is 17.4 Å². The molecule has 28 heavy (non-hydrogen) atoms. The van der Waals surface area contributed by atoms with Crippen LogP contribution in [0.4, 0.5) is 10.1 Å². The van der Waals surface area contributed by atoms with Crippen LogP contribution in [0.15, 0.2) is 70.7 Å². The number of hydrogen-bond acceptors (Lipinski definition) is 5. The van der Waals surface area contributed by atoms with E-state index in [2.05, 4.69) is 5.32 Å². The van der Waals surface area contributed by atoms with Crippen LogP contribution < -0.4 is 10.4 Å². The molecule has 3 rings (SSSR count). The van der Waals surface area contributed by atoms with E-state index in [1.807, 2.05) is 0 Å². The summed E-state index contributed by atoms with van der Waals surface area (Å²) in [7, 11) is 0. The first kappa shape index (κ1) is 18.6. The summed E-state index contributed by atoms with van der Waals surface area (Å²) in [6, 6.07) is 16.2. The first-order chi connectivity index (χ1) is 13.5. The van der Waals surface area contributed by atoms with Gasteiger partial charge in [-0.05, 0) is 42.0 Å². The van der Waals surface area contributed by atoms with Crippen molar-refractivity contribution < 1.29 is 23.5 Å². The quantitative estimate of drug-likeness (QED) is 0.545. The molecule has 0 saturated heterocycles. The Morgan fingerprint density at radius 3 is 2.43 bits per heavy atom. The van der Waals surface area contributed by atoms with Crippen LogP contribution in [-0.2, 0) is 4.79 Å². The molecule has 3 aromatic rings. The molecular weight excluding hydrogens is 363 g/mol. The molecule has 1 aromatic heterocycles. The van der Waals surface area contributed by atoms with Crippen molar-refractivity contribution in [1.82, 2.24) is 0 Å². The number of amides is 1. The standard InChI is InChI=1S/C21H13FN2O4/c22-18-4-2-1-3-17(18)19-10-9-16(28-19)11-14(12-23)20(25)24-15-7-5-13(6-8-15)21(26)27/h1-11H,(H,24,25)(H,26,27)/p-1/b14-11+. The van der Waals surface area contributed by atoms with Gasteiger partial charge in [-0.1, -0.05) is 24.3 Å². The molecule has 0 spiro atoms. The summed E-state index contributed by atoms with van der Waals surface area (Å²) in [6.07, 6.45) is 1.23. The Hall–Kier alpha value is -4.18. The monoisotopic (exact) mass is 375 g/mol. The highest BCUT2D eigenvalue weighted by Crippen LogP contribution is 2.25. The third kappa shape index (κ3) is 4.14. The summed E-state index contributed by atoms with van der Waals surface area (Å²) in [6.45, 7) is 0. The van der Waals surface area contributed by atoms with Crippen LogP contribution in [0, 0.1) is 17.1 Å². The van der Waals surface area contributed by atoms with E-state index < -0.39 is 17.7 Å². The van der Waals surface area contributed by atoms with Crippen LogP contribution in [0.3, 0.4) is 0 Å². The zero-order valence-electron chi connectivity index (χ0n) is 14.3. The lowest BCUT2D eigenvalue weighted by atomic mass is 10.1. The molecule has 0 aliphatic heterocycles. The molecule has 0 unspecified atom stereocenters. The molecule has 2 aromatic carbocycles. The van der Waals surface area contributed by atoms with E-state index in [1.165, 1.54) is 48.5 Å². The summed E-state index contributed by atoms with van der Waals surface area (Å²) < 4.78 is 19.3. The Bertz CT molecular complexity index is 1110. The number of nitrogens with zero attached hydrogens (tertiary/aromatic N) is 1. The van der Waals surface area contributed by atoms with Crippen molar-refractivity contribution in [2.75, 3.05) is 5.32 Å². The number of hydrogen-bond donors (Lipinski definition) is 1. The van der Waals surface area contributed by atoms with Gasteiger partial charge in [0.15, 0.2) is 0 Å². The number of furan rings is 1. The molecular formula is C21H12FN2O4-. The van der Waals surface area contributed by atoms with Crippen LogP contribution in [0.5, 0.6) is 0 Å². The van der Waals surface area contributed by atoms with E-state index in [0.29, 0.717) is 5.69 Å². The number of anilines is 1. The van der Waals surface area contributed by atoms with Crippen LogP contribution in [0.2, 0.25) is 0 Å². The SMILES string of the molecule is N#C/C(=C\c1ccc(-c2ccccc2F)o1)C(=O)Nc1ccc(C(=O)[O-])cc1. The van der Waals surface area contributed by atoms with Crippen LogP contribution in [-0.4, -0.2) is 11.9 Å². The largest absolute Gasteiger partial charge is 0.545 e. The lowest BCUT2D eigenvalue weighted by Gasteiger charge is -2.06. The fraction of sp³-hybridized carbons (Fsp3) is 0. The minimum atomic E-state index is -1.33. The van der Waals surface area contributed by atoms with Gasteiger partial charge in [-0.3, -0.25) is 4.79 Å². The summed E-state index contributed by atoms with van der Waals surface area (Å²) in [5.41, 5.74) is 0.296. The van der Waals surface area contributed by atoms with Crippen LogP contribution in [0.25, 0.3) is 17.4 Å². The number of carboxylic acid groups (broad SMARTS) is 1. The second-order valence-corrected chi connectivity index (χ2v) is 5.67. The van der Waals surface area contributed by atoms with Crippen molar-refractivity contribution in [3.05, 3.63) is 83.4 Å². The van der Waals surface area contributed by atoms with Crippen LogP contribution in [0.1, 0.15) is 16.1 Å². The van der Waals surface area contributed by atoms with E-state index in [9.17, 15) is 24.3 Å². The number of carbonyl (C=O) groups excluding carboxylic acids is 2. The van der Waals surface area contributed by atoms with E-state index >= 15 is 0 Å². The minimum absolute atomic E-state index is 0.0368. The second-order valence-electron chi connectivity index (χ2n) is 5.67. The van der Waals surface area contributed by atoms with E-state index in [0.717, 1.165) is 0 Å². The Kier molecular flexibility index (Phi) is 5.33. The van der Waals surface area contributed by atoms with Gasteiger partial charge >= 0.3 is 0 Å². The van der Waals surface area contributed by atoms with E-state index in [4.69, 9.17) is 4.42 Å². The van der Waals surface area contributed by atoms with Gasteiger partial charge in [0.05, 0.1) is 11.5 Å². The summed E-state index contributed by atoms with van der Waals surface area (Å²) in [5, 5.41) is 22.5. The lowest BCUT2D eigenvalue weighted by Crippen LogP contribution is -2.22. The number of nitriles is 1. The topological polar surface area (TPSA) is 106 Å². The third-order valence-electron chi connectivity index (χ3n) is 3.80. The Labute approximate surface area is 159 Å². The van der Waals surface area contributed by atoms with Crippen molar-refractivity contribution in [1.29, 1.82) is 5.26 Å². The molecule has 1 N–H and O–H groups in total. The zero-order valence-corrected chi connectivity index (χ0v) is 14.3. The van der Waals surface area contributed by atoms with Crippen molar-refractivity contribution in [3.63, 3.8) is 0 Å². The fourth-order valence-corrected chi connectivity index (χ4v) is 2.42. The molecule has 1 heterocycles. The molecule has 1 amide bonds. The number of halogens is 1. The normalized spacial score (nSPS) is 10.9. The molecule has 7 heteroatoms. The zero-order chi connectivity index (χ0) is 20.1. The van der Waals surface area contributed by atoms with Gasteiger partial charge in [-0.2, -0.15) is 5.26 Å². The maximum atomic E-state index is 13.8. The van der Waals surface area contributed by atoms with E-state index in [1.54, 1.807) is 24.3 Å². The number of carboxylic acids is 1. The molecule has 0 bridgehead atoms. The predicted molar refractivity (Wildman–Crippen MR) is 97.1 cm³/mol. The van der Waals surface area contributed by atoms with Gasteiger partial charge in [0.2, 0.25) is 0 Å². The number of aromatic carboxylic acids is 1. The average molecular weight is 375 g/mol. The maximum Gasteiger partial charge on any atom is 0.266 e. The number of benzene rings is 2. The molecule has 0 aliphatic carbocycles. The first-order valence-corrected chi connectivity index (χ1v) is 8.07. The van der Waals surface area contributed by atoms with Crippen LogP contribution >= 0.6 is 0 Å². The molecule has 0 radical (unpaired) electrons. The first-order valence-electron chi connectivity index (χ1n) is 8.07. The lowest BCUT2D eigenvalue weighted by molar-refractivity contribution is -0.255. The van der Waals surface area contributed by atoms with Crippen molar-refractivity contribution in [2.45, 2.75) is 0 Å². The van der Waals surface area contributed by atoms with Gasteiger partial charge in [-0.15, -0.1) is 0 Å². The van der Waals surface area contributed by atoms with Gasteiger partial charge in [0, 0.05) is 11.8 Å². The Balaban J connectivity index is 1.78. The molecule has 0 aliphatic rings. The smallest absolute Gasteiger partial charge is 0.266 e. The number of nitrogens with one attached hydrogen (secondary N) is 1. The van der Waals surface area contributed by atoms with Gasteiger partial charge in [0.1, 0.15) is 29.0 Å². The molecule has 0 atom stereocenters. The van der Waals surface area contributed by atoms with E-state index in [-0.39, 0.29) is 28.2 Å². The summed E-state index contributed by atoms with van der Waals surface area (Å²) >= 11 is 0. The highest BCUT2D eigenvalue weighted by atomic mass is 19.1. The number of rotatable bonds is 5. The average Bonchev–Trinajstić information content (AvgIpc) is 3.15. The second kappa shape index (κ2) is 8.01. The van der Waals surface area contributed by atoms with Crippen molar-refractivity contribution >= 4 is 23.6 Å². The maximum absolute atomic E-state index is 13.8. The molecule has 0 saturated carbocycles. The third-order valence-corrected chi connectivity index (χ3v) is 3.80. The molecule has 138 valence electrons. The van der Waals surface area contributed by atoms with Gasteiger partial charge < -0.3 is 19.6 Å². The minimum Gasteiger partial charge on any atom is -0.545 e.